The molecule has 6 N–H and O–H groups in total. The maximum absolute atomic E-state index is 14.1. The highest BCUT2D eigenvalue weighted by atomic mass is 16.3. The Kier molecular flexibility index (Phi) is 6.63. The number of nitrogens with two attached hydrogens (primary N) is 1. The van der Waals surface area contributed by atoms with Gasteiger partial charge in [0.1, 0.15) is 22.8 Å². The molecule has 1 amide bonds. The van der Waals surface area contributed by atoms with E-state index in [1.165, 1.54) is 4.90 Å². The second kappa shape index (κ2) is 9.50. The molecule has 1 heterocycles. The van der Waals surface area contributed by atoms with Gasteiger partial charge in [-0.1, -0.05) is 0 Å². The largest absolute Gasteiger partial charge is 0.508 e. The van der Waals surface area contributed by atoms with Crippen molar-refractivity contribution in [3.8, 4) is 5.75 Å². The van der Waals surface area contributed by atoms with Crippen molar-refractivity contribution in [3.05, 3.63) is 34.1 Å². The van der Waals surface area contributed by atoms with Crippen molar-refractivity contribution in [2.45, 2.75) is 24.5 Å². The van der Waals surface area contributed by atoms with E-state index in [0.717, 1.165) is 18.8 Å². The summed E-state index contributed by atoms with van der Waals surface area (Å²) in [5.41, 5.74) is 3.81. The van der Waals surface area contributed by atoms with Gasteiger partial charge in [0.15, 0.2) is 11.4 Å². The zero-order valence-electron chi connectivity index (χ0n) is 23.4. The molecule has 4 aliphatic rings. The van der Waals surface area contributed by atoms with Gasteiger partial charge in [0, 0.05) is 57.5 Å². The fraction of sp³-hybridized carbons (Fsp3) is 0.536. The Bertz CT molecular complexity index is 1380. The van der Waals surface area contributed by atoms with Crippen LogP contribution >= 0.6 is 0 Å². The minimum Gasteiger partial charge on any atom is -0.508 e. The Morgan fingerprint density at radius 2 is 1.70 bits per heavy atom. The number of primary amides is 1. The van der Waals surface area contributed by atoms with Crippen LogP contribution in [0.4, 0.5) is 11.4 Å². The number of aliphatic hydroxyl groups is 3. The molecule has 40 heavy (non-hydrogen) atoms. The van der Waals surface area contributed by atoms with Crippen molar-refractivity contribution in [3.63, 3.8) is 0 Å². The van der Waals surface area contributed by atoms with Crippen LogP contribution in [0.25, 0.3) is 5.76 Å². The number of aliphatic hydroxyl groups excluding tert-OH is 2. The van der Waals surface area contributed by atoms with E-state index in [1.807, 2.05) is 37.0 Å². The van der Waals surface area contributed by atoms with Crippen LogP contribution in [0.3, 0.4) is 0 Å². The lowest BCUT2D eigenvalue weighted by atomic mass is 9.57. The lowest BCUT2D eigenvalue weighted by Crippen LogP contribution is -2.65. The normalized spacial score (nSPS) is 29.0. The lowest BCUT2D eigenvalue weighted by Gasteiger charge is -2.50. The number of rotatable bonds is 4. The van der Waals surface area contributed by atoms with Crippen LogP contribution < -0.4 is 15.5 Å². The van der Waals surface area contributed by atoms with E-state index in [9.17, 15) is 34.8 Å². The molecule has 216 valence electrons. The molecular formula is C28H37N5O7. The van der Waals surface area contributed by atoms with Crippen LogP contribution in [0, 0.1) is 11.8 Å². The monoisotopic (exact) mass is 555 g/mol. The third kappa shape index (κ3) is 3.80. The number of phenolic OH excluding ortho intramolecular Hbond substituents is 1. The minimum absolute atomic E-state index is 0.0552. The third-order valence-electron chi connectivity index (χ3n) is 9.00. The first-order chi connectivity index (χ1) is 18.7. The first kappa shape index (κ1) is 27.9. The Labute approximate surface area is 232 Å². The molecule has 12 nitrogen and oxygen atoms in total. The van der Waals surface area contributed by atoms with Crippen molar-refractivity contribution in [2.75, 3.05) is 71.2 Å². The van der Waals surface area contributed by atoms with Gasteiger partial charge in [-0.3, -0.25) is 19.3 Å². The van der Waals surface area contributed by atoms with Gasteiger partial charge in [0.25, 0.3) is 5.91 Å². The first-order valence-electron chi connectivity index (χ1n) is 13.4. The second-order valence-electron chi connectivity index (χ2n) is 11.8. The Morgan fingerprint density at radius 3 is 2.25 bits per heavy atom. The average Bonchev–Trinajstić information content (AvgIpc) is 2.86. The Hall–Kier alpha value is -3.61. The SMILES string of the molecule is CN1CCN(c2cc(N(C)C)c3c(c2O)C(O)=C2C(=O)[C@]4(O)C(O)=C(C(N)=O)C(=O)[C@H](N(C)C)[C@@H]4C[C@@H]2C3)CC1. The zero-order chi connectivity index (χ0) is 29.4. The number of piperazine rings is 1. The molecule has 2 fully saturated rings. The van der Waals surface area contributed by atoms with Crippen LogP contribution in [-0.4, -0.2) is 121 Å². The number of Topliss-reactive ketones (excluding diaryl/α,β-unsaturated/α-hetero) is 2. The number of fused-ring (bicyclic) bond motifs is 3. The van der Waals surface area contributed by atoms with Gasteiger partial charge in [0.2, 0.25) is 5.78 Å². The van der Waals surface area contributed by atoms with Crippen molar-refractivity contribution in [2.24, 2.45) is 17.6 Å². The molecule has 1 aromatic carbocycles. The number of carbonyl (C=O) groups is 3. The third-order valence-corrected chi connectivity index (χ3v) is 9.00. The molecule has 0 aromatic heterocycles. The van der Waals surface area contributed by atoms with Gasteiger partial charge in [-0.2, -0.15) is 0 Å². The summed E-state index contributed by atoms with van der Waals surface area (Å²) < 4.78 is 0. The van der Waals surface area contributed by atoms with E-state index in [2.05, 4.69) is 4.90 Å². The number of likely N-dealkylation sites (N-methyl/N-ethyl adjacent to an activating group) is 2. The van der Waals surface area contributed by atoms with Crippen molar-refractivity contribution in [1.82, 2.24) is 9.80 Å². The van der Waals surface area contributed by atoms with Gasteiger partial charge >= 0.3 is 0 Å². The van der Waals surface area contributed by atoms with E-state index in [0.29, 0.717) is 24.3 Å². The summed E-state index contributed by atoms with van der Waals surface area (Å²) >= 11 is 0. The van der Waals surface area contributed by atoms with Gasteiger partial charge in [-0.25, -0.2) is 0 Å². The summed E-state index contributed by atoms with van der Waals surface area (Å²) in [5, 5.41) is 46.0. The summed E-state index contributed by atoms with van der Waals surface area (Å²) in [6.45, 7) is 2.89. The minimum atomic E-state index is -2.65. The quantitative estimate of drug-likeness (QED) is 0.311. The molecule has 0 spiro atoms. The number of aromatic hydroxyl groups is 1. The Morgan fingerprint density at radius 1 is 1.07 bits per heavy atom. The van der Waals surface area contributed by atoms with Crippen molar-refractivity contribution in [1.29, 1.82) is 0 Å². The standard InChI is InChI=1S/C28H37N5O7/c1-30(2)16-12-17(33-8-6-32(5)7-9-33)22(34)19-14(16)10-13-11-15-21(31(3)4)24(36)20(27(29)39)26(38)28(15,40)25(37)18(13)23(19)35/h12-13,15,21,34-35,38,40H,6-11H2,1-5H3,(H2,29,39)/t13-,15-,21+,28-/m0/s1. The number of phenols is 1. The highest BCUT2D eigenvalue weighted by Gasteiger charge is 2.64. The number of nitrogens with zero attached hydrogens (tertiary/aromatic N) is 4. The highest BCUT2D eigenvalue weighted by Crippen LogP contribution is 2.55. The predicted molar refractivity (Wildman–Crippen MR) is 148 cm³/mol. The molecule has 1 saturated heterocycles. The van der Waals surface area contributed by atoms with Gasteiger partial charge in [-0.05, 0) is 51.5 Å². The number of hydrogen-bond acceptors (Lipinski definition) is 11. The summed E-state index contributed by atoms with van der Waals surface area (Å²) in [5.74, 6) is -6.49. The number of ketones is 2. The van der Waals surface area contributed by atoms with Gasteiger partial charge in [0.05, 0.1) is 17.3 Å². The van der Waals surface area contributed by atoms with Crippen molar-refractivity contribution < 1.29 is 34.8 Å². The van der Waals surface area contributed by atoms with Crippen LogP contribution in [0.15, 0.2) is 23.0 Å². The number of benzene rings is 1. The number of anilines is 2. The van der Waals surface area contributed by atoms with E-state index >= 15 is 0 Å². The molecule has 12 heteroatoms. The fourth-order valence-electron chi connectivity index (χ4n) is 6.97. The van der Waals surface area contributed by atoms with Crippen molar-refractivity contribution >= 4 is 34.6 Å². The zero-order valence-corrected chi connectivity index (χ0v) is 23.4. The van der Waals surface area contributed by atoms with E-state index in [4.69, 9.17) is 5.73 Å². The predicted octanol–water partition coefficient (Wildman–Crippen LogP) is -0.218. The van der Waals surface area contributed by atoms with Crippen LogP contribution in [-0.2, 0) is 20.8 Å². The maximum atomic E-state index is 14.1. The molecule has 0 unspecified atom stereocenters. The van der Waals surface area contributed by atoms with E-state index in [1.54, 1.807) is 14.1 Å². The number of hydrogen-bond donors (Lipinski definition) is 5. The smallest absolute Gasteiger partial charge is 0.255 e. The summed E-state index contributed by atoms with van der Waals surface area (Å²) in [6.07, 6.45) is 0.304. The van der Waals surface area contributed by atoms with E-state index < -0.39 is 58.0 Å². The molecular weight excluding hydrogens is 518 g/mol. The number of amides is 1. The highest BCUT2D eigenvalue weighted by molar-refractivity contribution is 6.24. The molecule has 4 atom stereocenters. The topological polar surface area (TPSA) is 171 Å². The molecule has 0 bridgehead atoms. The van der Waals surface area contributed by atoms with Crippen LogP contribution in [0.5, 0.6) is 5.75 Å². The average molecular weight is 556 g/mol. The van der Waals surface area contributed by atoms with E-state index in [-0.39, 0.29) is 29.7 Å². The second-order valence-corrected chi connectivity index (χ2v) is 11.8. The van der Waals surface area contributed by atoms with Gasteiger partial charge in [-0.15, -0.1) is 0 Å². The summed E-state index contributed by atoms with van der Waals surface area (Å²) in [4.78, 5) is 47.1. The molecule has 1 aromatic rings. The molecule has 3 aliphatic carbocycles. The Balaban J connectivity index is 1.72. The maximum Gasteiger partial charge on any atom is 0.255 e. The molecule has 1 saturated carbocycles. The first-order valence-corrected chi connectivity index (χ1v) is 13.4. The van der Waals surface area contributed by atoms with Crippen LogP contribution in [0.1, 0.15) is 17.5 Å². The lowest BCUT2D eigenvalue weighted by molar-refractivity contribution is -0.153. The van der Waals surface area contributed by atoms with Crippen LogP contribution in [0.2, 0.25) is 0 Å². The summed E-state index contributed by atoms with van der Waals surface area (Å²) in [7, 11) is 8.89. The molecule has 0 radical (unpaired) electrons. The molecule has 1 aliphatic heterocycles. The number of carbonyl (C=O) groups excluding carboxylic acids is 3. The van der Waals surface area contributed by atoms with Gasteiger partial charge < -0.3 is 40.9 Å². The molecule has 5 rings (SSSR count). The fourth-order valence-corrected chi connectivity index (χ4v) is 6.97. The summed E-state index contributed by atoms with van der Waals surface area (Å²) in [6, 6.07) is 0.776.